The Balaban J connectivity index is 1.73. The highest BCUT2D eigenvalue weighted by Crippen LogP contribution is 2.38. The second-order valence-corrected chi connectivity index (χ2v) is 9.20. The van der Waals surface area contributed by atoms with Gasteiger partial charge in [0.1, 0.15) is 5.76 Å². The summed E-state index contributed by atoms with van der Waals surface area (Å²) in [7, 11) is 0. The number of hydrogen-bond acceptors (Lipinski definition) is 4. The van der Waals surface area contributed by atoms with E-state index < -0.39 is 0 Å². The zero-order valence-electron chi connectivity index (χ0n) is 17.5. The molecule has 1 aromatic carbocycles. The molecule has 0 spiro atoms. The van der Waals surface area contributed by atoms with Gasteiger partial charge in [0.25, 0.3) is 0 Å². The van der Waals surface area contributed by atoms with Gasteiger partial charge in [-0.3, -0.25) is 4.98 Å². The van der Waals surface area contributed by atoms with E-state index in [1.165, 1.54) is 24.8 Å². The first-order valence-corrected chi connectivity index (χ1v) is 11.2. The minimum atomic E-state index is -0.114. The van der Waals surface area contributed by atoms with Crippen molar-refractivity contribution in [1.29, 1.82) is 0 Å². The Bertz CT molecular complexity index is 1250. The first kappa shape index (κ1) is 20.6. The number of rotatable bonds is 5. The van der Waals surface area contributed by atoms with Crippen molar-refractivity contribution in [2.24, 2.45) is 5.92 Å². The van der Waals surface area contributed by atoms with Crippen LogP contribution < -0.4 is 0 Å². The van der Waals surface area contributed by atoms with Crippen LogP contribution in [0.15, 0.2) is 35.1 Å². The molecule has 5 rings (SSSR count). The molecule has 0 bridgehead atoms. The molecule has 3 heterocycles. The molecular weight excluding hydrogens is 433 g/mol. The highest BCUT2D eigenvalue weighted by molar-refractivity contribution is 6.38. The third kappa shape index (κ3) is 3.55. The fourth-order valence-corrected chi connectivity index (χ4v) is 5.20. The van der Waals surface area contributed by atoms with Gasteiger partial charge in [-0.05, 0) is 55.5 Å². The highest BCUT2D eigenvalue weighted by atomic mass is 35.5. The molecule has 5 nitrogen and oxygen atoms in total. The maximum absolute atomic E-state index is 9.50. The van der Waals surface area contributed by atoms with E-state index in [0.717, 1.165) is 40.0 Å². The van der Waals surface area contributed by atoms with Gasteiger partial charge in [0.05, 0.1) is 39.1 Å². The Labute approximate surface area is 190 Å². The van der Waals surface area contributed by atoms with Gasteiger partial charge >= 0.3 is 0 Å². The third-order valence-corrected chi connectivity index (χ3v) is 6.85. The van der Waals surface area contributed by atoms with E-state index >= 15 is 0 Å². The van der Waals surface area contributed by atoms with Crippen LogP contribution >= 0.6 is 23.2 Å². The first-order chi connectivity index (χ1) is 15.0. The summed E-state index contributed by atoms with van der Waals surface area (Å²) in [6.45, 7) is 3.72. The maximum atomic E-state index is 9.50. The molecule has 4 aromatic rings. The summed E-state index contributed by atoms with van der Waals surface area (Å²) in [5.74, 6) is 1.46. The Morgan fingerprint density at radius 1 is 1.16 bits per heavy atom. The molecular formula is C24H23Cl2N3O2. The molecule has 31 heavy (non-hydrogen) atoms. The maximum Gasteiger partial charge on any atom is 0.141 e. The molecule has 0 unspecified atom stereocenters. The van der Waals surface area contributed by atoms with Gasteiger partial charge in [0.2, 0.25) is 0 Å². The molecule has 1 aliphatic carbocycles. The zero-order valence-corrected chi connectivity index (χ0v) is 19.0. The molecule has 0 aliphatic heterocycles. The molecule has 3 aromatic heterocycles. The van der Waals surface area contributed by atoms with Gasteiger partial charge in [-0.15, -0.1) is 0 Å². The Morgan fingerprint density at radius 2 is 1.90 bits per heavy atom. The Morgan fingerprint density at radius 3 is 2.48 bits per heavy atom. The number of nitrogens with zero attached hydrogens (tertiary/aromatic N) is 3. The number of fused-ring (bicyclic) bond motifs is 1. The molecule has 1 saturated carbocycles. The van der Waals surface area contributed by atoms with E-state index in [0.29, 0.717) is 27.2 Å². The smallest absolute Gasteiger partial charge is 0.141 e. The molecule has 0 radical (unpaired) electrons. The van der Waals surface area contributed by atoms with Crippen molar-refractivity contribution < 1.29 is 9.63 Å². The van der Waals surface area contributed by atoms with Crippen LogP contribution in [-0.2, 0) is 13.0 Å². The quantitative estimate of drug-likeness (QED) is 0.375. The summed E-state index contributed by atoms with van der Waals surface area (Å²) in [4.78, 5) is 4.85. The normalized spacial score (nSPS) is 14.4. The first-order valence-electron chi connectivity index (χ1n) is 10.5. The molecule has 1 aliphatic rings. The number of aromatic nitrogens is 3. The van der Waals surface area contributed by atoms with Crippen molar-refractivity contribution >= 4 is 34.2 Å². The zero-order chi connectivity index (χ0) is 21.7. The lowest BCUT2D eigenvalue weighted by Crippen LogP contribution is -2.13. The van der Waals surface area contributed by atoms with Gasteiger partial charge in [0, 0.05) is 23.5 Å². The minimum Gasteiger partial charge on any atom is -0.392 e. The average Bonchev–Trinajstić information content (AvgIpc) is 3.23. The third-order valence-electron chi connectivity index (χ3n) is 6.27. The number of aliphatic hydroxyl groups is 1. The van der Waals surface area contributed by atoms with Crippen LogP contribution in [0, 0.1) is 19.8 Å². The van der Waals surface area contributed by atoms with E-state index in [9.17, 15) is 5.11 Å². The number of aliphatic hydroxyl groups excluding tert-OH is 1. The van der Waals surface area contributed by atoms with Crippen LogP contribution in [-0.4, -0.2) is 19.8 Å². The predicted molar refractivity (Wildman–Crippen MR) is 123 cm³/mol. The number of halogens is 2. The van der Waals surface area contributed by atoms with Crippen LogP contribution in [0.5, 0.6) is 0 Å². The van der Waals surface area contributed by atoms with Crippen LogP contribution in [0.1, 0.15) is 41.8 Å². The molecule has 1 fully saturated rings. The molecule has 7 heteroatoms. The Kier molecular flexibility index (Phi) is 5.29. The minimum absolute atomic E-state index is 0.114. The summed E-state index contributed by atoms with van der Waals surface area (Å²) in [5.41, 5.74) is 7.20. The number of benzene rings is 1. The van der Waals surface area contributed by atoms with Gasteiger partial charge in [0.15, 0.2) is 0 Å². The van der Waals surface area contributed by atoms with E-state index in [2.05, 4.69) is 17.4 Å². The lowest BCUT2D eigenvalue weighted by Gasteiger charge is -2.24. The van der Waals surface area contributed by atoms with Crippen LogP contribution in [0.4, 0.5) is 0 Å². The summed E-state index contributed by atoms with van der Waals surface area (Å²) in [6, 6.07) is 5.61. The van der Waals surface area contributed by atoms with Crippen LogP contribution in [0.25, 0.3) is 27.8 Å². The summed E-state index contributed by atoms with van der Waals surface area (Å²) < 4.78 is 7.40. The molecule has 1 N–H and O–H groups in total. The monoisotopic (exact) mass is 455 g/mol. The number of aryl methyl sites for hydroxylation is 2. The highest BCUT2D eigenvalue weighted by Gasteiger charge is 2.23. The van der Waals surface area contributed by atoms with Crippen molar-refractivity contribution in [1.82, 2.24) is 14.7 Å². The van der Waals surface area contributed by atoms with Gasteiger partial charge in [-0.1, -0.05) is 47.6 Å². The molecule has 0 saturated heterocycles. The summed E-state index contributed by atoms with van der Waals surface area (Å²) >= 11 is 13.3. The molecule has 0 atom stereocenters. The second kappa shape index (κ2) is 7.97. The van der Waals surface area contributed by atoms with E-state index in [1.807, 2.05) is 24.6 Å². The van der Waals surface area contributed by atoms with Gasteiger partial charge in [-0.2, -0.15) is 0 Å². The lowest BCUT2D eigenvalue weighted by molar-refractivity contribution is 0.282. The van der Waals surface area contributed by atoms with Gasteiger partial charge < -0.3 is 14.2 Å². The Hall–Kier alpha value is -2.34. The van der Waals surface area contributed by atoms with Crippen molar-refractivity contribution in [3.8, 4) is 16.8 Å². The fourth-order valence-electron chi connectivity index (χ4n) is 4.48. The molecule has 160 valence electrons. The predicted octanol–water partition coefficient (Wildman–Crippen LogP) is 6.44. The average molecular weight is 456 g/mol. The van der Waals surface area contributed by atoms with E-state index in [1.54, 1.807) is 12.1 Å². The lowest BCUT2D eigenvalue weighted by atomic mass is 9.81. The van der Waals surface area contributed by atoms with Crippen molar-refractivity contribution in [3.05, 3.63) is 63.2 Å². The standard InChI is InChI=1S/C24H23Cl2N3O2/c1-13-22(14(2)31-28-13)17-9-21-23(27-10-17)18(6-15-4-3-5-15)11-29(21)24-19(25)7-16(12-30)8-20(24)26/h7-11,15,30H,3-6,12H2,1-2H3. The van der Waals surface area contributed by atoms with E-state index in [4.69, 9.17) is 32.7 Å². The number of hydrogen-bond donors (Lipinski definition) is 1. The summed E-state index contributed by atoms with van der Waals surface area (Å²) in [6.07, 6.45) is 8.81. The SMILES string of the molecule is Cc1noc(C)c1-c1cnc2c(CC3CCC3)cn(-c3c(Cl)cc(CO)cc3Cl)c2c1. The topological polar surface area (TPSA) is 64.1 Å². The second-order valence-electron chi connectivity index (χ2n) is 8.38. The summed E-state index contributed by atoms with van der Waals surface area (Å²) in [5, 5.41) is 14.6. The van der Waals surface area contributed by atoms with Crippen LogP contribution in [0.2, 0.25) is 10.0 Å². The van der Waals surface area contributed by atoms with Gasteiger partial charge in [-0.25, -0.2) is 0 Å². The number of pyridine rings is 1. The van der Waals surface area contributed by atoms with Crippen molar-refractivity contribution in [3.63, 3.8) is 0 Å². The van der Waals surface area contributed by atoms with Crippen LogP contribution in [0.3, 0.4) is 0 Å². The van der Waals surface area contributed by atoms with Crippen molar-refractivity contribution in [2.45, 2.75) is 46.1 Å². The van der Waals surface area contributed by atoms with E-state index in [-0.39, 0.29) is 6.61 Å². The largest absolute Gasteiger partial charge is 0.392 e. The fraction of sp³-hybridized carbons (Fsp3) is 0.333. The molecule has 0 amide bonds. The van der Waals surface area contributed by atoms with Crippen molar-refractivity contribution in [2.75, 3.05) is 0 Å².